The third kappa shape index (κ3) is 3.87. The third-order valence-electron chi connectivity index (χ3n) is 4.29. The monoisotopic (exact) mass is 444 g/mol. The van der Waals surface area contributed by atoms with Crippen LogP contribution in [-0.4, -0.2) is 21.9 Å². The van der Waals surface area contributed by atoms with Crippen molar-refractivity contribution in [3.05, 3.63) is 81.7 Å². The van der Waals surface area contributed by atoms with Crippen molar-refractivity contribution in [3.8, 4) is 0 Å². The van der Waals surface area contributed by atoms with Gasteiger partial charge in [-0.3, -0.25) is 19.1 Å². The SMILES string of the molecule is O=C(Cc1ccc(N2C(=O)c3ccc(Cl)cc3C2=O)cc1)NS(=O)c1cccs1. The third-order valence-corrected chi connectivity index (χ3v) is 6.85. The second-order valence-corrected chi connectivity index (χ2v) is 9.03. The van der Waals surface area contributed by atoms with Crippen LogP contribution in [0.5, 0.6) is 0 Å². The number of fused-ring (bicyclic) bond motifs is 1. The van der Waals surface area contributed by atoms with E-state index in [0.717, 1.165) is 4.90 Å². The van der Waals surface area contributed by atoms with Crippen molar-refractivity contribution >= 4 is 57.3 Å². The zero-order valence-corrected chi connectivity index (χ0v) is 17.1. The number of nitrogens with zero attached hydrogens (tertiary/aromatic N) is 1. The highest BCUT2D eigenvalue weighted by Gasteiger charge is 2.36. The number of carbonyl (C=O) groups excluding carboxylic acids is 3. The molecule has 9 heteroatoms. The van der Waals surface area contributed by atoms with Crippen LogP contribution >= 0.6 is 22.9 Å². The van der Waals surface area contributed by atoms with Gasteiger partial charge in [0.25, 0.3) is 11.8 Å². The van der Waals surface area contributed by atoms with E-state index in [1.54, 1.807) is 47.8 Å². The number of nitrogens with one attached hydrogen (secondary N) is 1. The first-order valence-electron chi connectivity index (χ1n) is 8.46. The van der Waals surface area contributed by atoms with Crippen molar-refractivity contribution in [1.29, 1.82) is 0 Å². The van der Waals surface area contributed by atoms with Crippen molar-refractivity contribution in [2.75, 3.05) is 4.90 Å². The summed E-state index contributed by atoms with van der Waals surface area (Å²) in [7, 11) is -1.59. The van der Waals surface area contributed by atoms with Gasteiger partial charge >= 0.3 is 0 Å². The Morgan fingerprint density at radius 3 is 2.45 bits per heavy atom. The molecule has 3 amide bonds. The van der Waals surface area contributed by atoms with E-state index in [9.17, 15) is 18.6 Å². The number of halogens is 1. The maximum absolute atomic E-state index is 12.6. The Hall–Kier alpha value is -2.81. The number of benzene rings is 2. The number of hydrogen-bond donors (Lipinski definition) is 1. The number of rotatable bonds is 5. The average molecular weight is 445 g/mol. The van der Waals surface area contributed by atoms with Gasteiger partial charge in [-0.15, -0.1) is 11.3 Å². The van der Waals surface area contributed by atoms with E-state index >= 15 is 0 Å². The molecule has 146 valence electrons. The molecule has 0 radical (unpaired) electrons. The highest BCUT2D eigenvalue weighted by atomic mass is 35.5. The largest absolute Gasteiger partial charge is 0.274 e. The van der Waals surface area contributed by atoms with Gasteiger partial charge in [0, 0.05) is 5.02 Å². The molecule has 1 atom stereocenters. The zero-order chi connectivity index (χ0) is 20.5. The van der Waals surface area contributed by atoms with Crippen molar-refractivity contribution in [2.45, 2.75) is 10.6 Å². The van der Waals surface area contributed by atoms with E-state index in [-0.39, 0.29) is 17.9 Å². The molecule has 0 spiro atoms. The molecular formula is C20H13ClN2O4S2. The molecule has 0 bridgehead atoms. The van der Waals surface area contributed by atoms with Crippen LogP contribution in [0.25, 0.3) is 0 Å². The number of carbonyl (C=O) groups is 3. The fourth-order valence-corrected chi connectivity index (χ4v) is 4.80. The van der Waals surface area contributed by atoms with Crippen LogP contribution in [-0.2, 0) is 22.2 Å². The predicted octanol–water partition coefficient (Wildman–Crippen LogP) is 3.58. The molecule has 0 saturated heterocycles. The molecule has 2 aromatic carbocycles. The first-order valence-corrected chi connectivity index (χ1v) is 10.9. The zero-order valence-electron chi connectivity index (χ0n) is 14.8. The molecule has 1 N–H and O–H groups in total. The maximum atomic E-state index is 12.6. The first-order chi connectivity index (χ1) is 13.9. The van der Waals surface area contributed by atoms with Crippen molar-refractivity contribution in [3.63, 3.8) is 0 Å². The summed E-state index contributed by atoms with van der Waals surface area (Å²) in [5.41, 5.74) is 1.63. The van der Waals surface area contributed by atoms with Crippen LogP contribution in [0.4, 0.5) is 5.69 Å². The highest BCUT2D eigenvalue weighted by Crippen LogP contribution is 2.30. The van der Waals surface area contributed by atoms with Crippen molar-refractivity contribution in [1.82, 2.24) is 4.72 Å². The first kappa shape index (κ1) is 19.5. The summed E-state index contributed by atoms with van der Waals surface area (Å²) in [6.07, 6.45) is 0.0229. The van der Waals surface area contributed by atoms with E-state index < -0.39 is 22.8 Å². The van der Waals surface area contributed by atoms with Crippen LogP contribution in [0.15, 0.2) is 64.2 Å². The summed E-state index contributed by atoms with van der Waals surface area (Å²) in [6.45, 7) is 0. The molecule has 1 aliphatic rings. The van der Waals surface area contributed by atoms with Gasteiger partial charge in [0.2, 0.25) is 5.91 Å². The summed E-state index contributed by atoms with van der Waals surface area (Å²) in [5.74, 6) is -1.25. The van der Waals surface area contributed by atoms with E-state index in [0.29, 0.717) is 26.0 Å². The van der Waals surface area contributed by atoms with Gasteiger partial charge in [-0.25, -0.2) is 9.11 Å². The summed E-state index contributed by atoms with van der Waals surface area (Å²) < 4.78 is 15.1. The summed E-state index contributed by atoms with van der Waals surface area (Å²) in [4.78, 5) is 38.4. The highest BCUT2D eigenvalue weighted by molar-refractivity contribution is 7.86. The molecule has 0 aliphatic carbocycles. The van der Waals surface area contributed by atoms with E-state index in [2.05, 4.69) is 4.72 Å². The minimum absolute atomic E-state index is 0.0229. The number of imide groups is 1. The van der Waals surface area contributed by atoms with Gasteiger partial charge in [0.1, 0.15) is 4.21 Å². The van der Waals surface area contributed by atoms with Crippen LogP contribution in [0.1, 0.15) is 26.3 Å². The Bertz CT molecular complexity index is 1140. The van der Waals surface area contributed by atoms with E-state index in [1.165, 1.54) is 23.5 Å². The Balaban J connectivity index is 1.46. The lowest BCUT2D eigenvalue weighted by Gasteiger charge is -2.14. The molecule has 6 nitrogen and oxygen atoms in total. The molecular weight excluding hydrogens is 432 g/mol. The summed E-state index contributed by atoms with van der Waals surface area (Å²) >= 11 is 7.23. The van der Waals surface area contributed by atoms with Gasteiger partial charge in [-0.1, -0.05) is 29.8 Å². The molecule has 0 saturated carbocycles. The lowest BCUT2D eigenvalue weighted by Crippen LogP contribution is -2.29. The lowest BCUT2D eigenvalue weighted by molar-refractivity contribution is -0.118. The second kappa shape index (κ2) is 7.90. The Labute approximate surface area is 177 Å². The predicted molar refractivity (Wildman–Crippen MR) is 112 cm³/mol. The topological polar surface area (TPSA) is 83.6 Å². The quantitative estimate of drug-likeness (QED) is 0.609. The molecule has 4 rings (SSSR count). The van der Waals surface area contributed by atoms with Gasteiger partial charge in [0.05, 0.1) is 23.2 Å². The molecule has 3 aromatic rings. The van der Waals surface area contributed by atoms with Crippen molar-refractivity contribution in [2.24, 2.45) is 0 Å². The summed E-state index contributed by atoms with van der Waals surface area (Å²) in [5, 5.41) is 2.17. The van der Waals surface area contributed by atoms with Gasteiger partial charge in [-0.2, -0.15) is 0 Å². The normalized spacial score (nSPS) is 14.0. The van der Waals surface area contributed by atoms with Gasteiger partial charge < -0.3 is 0 Å². The van der Waals surface area contributed by atoms with Crippen LogP contribution in [0, 0.1) is 0 Å². The number of anilines is 1. The Morgan fingerprint density at radius 1 is 1.03 bits per heavy atom. The fraction of sp³-hybridized carbons (Fsp3) is 0.0500. The second-order valence-electron chi connectivity index (χ2n) is 6.20. The molecule has 2 heterocycles. The smallest absolute Gasteiger partial charge is 0.266 e. The van der Waals surface area contributed by atoms with E-state index in [4.69, 9.17) is 11.6 Å². The fourth-order valence-electron chi connectivity index (χ4n) is 2.95. The number of thiophene rings is 1. The lowest BCUT2D eigenvalue weighted by atomic mass is 10.1. The molecule has 1 aromatic heterocycles. The Kier molecular flexibility index (Phi) is 5.31. The van der Waals surface area contributed by atoms with Gasteiger partial charge in [-0.05, 0) is 47.3 Å². The minimum Gasteiger partial charge on any atom is -0.274 e. The van der Waals surface area contributed by atoms with E-state index in [1.807, 2.05) is 0 Å². The standard InChI is InChI=1S/C20H13ClN2O4S2/c21-13-5-8-15-16(11-13)20(26)23(19(15)25)14-6-3-12(4-7-14)10-17(24)22-29(27)18-2-1-9-28-18/h1-9,11H,10H2,(H,22,24). The molecule has 29 heavy (non-hydrogen) atoms. The number of amides is 3. The van der Waals surface area contributed by atoms with Gasteiger partial charge in [0.15, 0.2) is 11.0 Å². The van der Waals surface area contributed by atoms with Crippen molar-refractivity contribution < 1.29 is 18.6 Å². The molecule has 0 fully saturated rings. The molecule has 1 aliphatic heterocycles. The number of hydrogen-bond acceptors (Lipinski definition) is 5. The average Bonchev–Trinajstić information content (AvgIpc) is 3.31. The minimum atomic E-state index is -1.59. The summed E-state index contributed by atoms with van der Waals surface area (Å²) in [6, 6.07) is 14.5. The van der Waals surface area contributed by atoms with Crippen LogP contribution in [0.3, 0.4) is 0 Å². The maximum Gasteiger partial charge on any atom is 0.266 e. The van der Waals surface area contributed by atoms with Crippen LogP contribution < -0.4 is 9.62 Å². The Morgan fingerprint density at radius 2 is 1.76 bits per heavy atom. The van der Waals surface area contributed by atoms with Crippen LogP contribution in [0.2, 0.25) is 5.02 Å². The molecule has 1 unspecified atom stereocenters.